The summed E-state index contributed by atoms with van der Waals surface area (Å²) >= 11 is 5.76. The maximum absolute atomic E-state index is 13.5. The number of hydrogen-bond acceptors (Lipinski definition) is 1. The summed E-state index contributed by atoms with van der Waals surface area (Å²) in [6.07, 6.45) is -2.01. The van der Waals surface area contributed by atoms with Crippen LogP contribution in [0.3, 0.4) is 0 Å². The van der Waals surface area contributed by atoms with E-state index in [9.17, 15) is 18.0 Å². The number of aromatic amines is 1. The molecule has 4 N–H and O–H groups in total. The predicted molar refractivity (Wildman–Crippen MR) is 123 cm³/mol. The zero-order chi connectivity index (χ0) is 23.4. The average Bonchev–Trinajstić information content (AvgIpc) is 3.21. The van der Waals surface area contributed by atoms with Crippen molar-refractivity contribution in [1.29, 1.82) is 0 Å². The highest BCUT2D eigenvalue weighted by Crippen LogP contribution is 2.36. The van der Waals surface area contributed by atoms with Crippen molar-refractivity contribution < 1.29 is 23.3 Å². The fourth-order valence-electron chi connectivity index (χ4n) is 3.87. The summed E-state index contributed by atoms with van der Waals surface area (Å²) in [5, 5.41) is 5.37. The van der Waals surface area contributed by atoms with Gasteiger partial charge >= 0.3 is 6.18 Å². The van der Waals surface area contributed by atoms with Crippen LogP contribution in [0.5, 0.6) is 0 Å². The van der Waals surface area contributed by atoms with Gasteiger partial charge in [-0.05, 0) is 29.8 Å². The lowest BCUT2D eigenvalue weighted by molar-refractivity contribution is -0.682. The molecular formula is C25H22ClF3N3O+. The number of quaternary nitrogens is 1. The molecule has 1 atom stereocenters. The van der Waals surface area contributed by atoms with Gasteiger partial charge in [-0.25, -0.2) is 0 Å². The van der Waals surface area contributed by atoms with E-state index < -0.39 is 23.7 Å². The number of hydrogen-bond donors (Lipinski definition) is 3. The Hall–Kier alpha value is -3.29. The van der Waals surface area contributed by atoms with Crippen LogP contribution >= 0.6 is 11.6 Å². The van der Waals surface area contributed by atoms with Gasteiger partial charge in [0.1, 0.15) is 0 Å². The van der Waals surface area contributed by atoms with Crippen LogP contribution in [0.25, 0.3) is 10.9 Å². The van der Waals surface area contributed by atoms with E-state index in [1.54, 1.807) is 24.3 Å². The van der Waals surface area contributed by atoms with Gasteiger partial charge in [-0.15, -0.1) is 0 Å². The summed E-state index contributed by atoms with van der Waals surface area (Å²) in [6, 6.07) is 19.5. The molecule has 0 saturated heterocycles. The summed E-state index contributed by atoms with van der Waals surface area (Å²) < 4.78 is 40.4. The molecule has 1 heterocycles. The van der Waals surface area contributed by atoms with E-state index in [-0.39, 0.29) is 10.7 Å². The van der Waals surface area contributed by atoms with Crippen LogP contribution in [-0.2, 0) is 17.4 Å². The molecule has 1 aromatic heterocycles. The van der Waals surface area contributed by atoms with Crippen molar-refractivity contribution in [1.82, 2.24) is 4.98 Å². The molecule has 0 unspecified atom stereocenters. The Bertz CT molecular complexity index is 1250. The summed E-state index contributed by atoms with van der Waals surface area (Å²) in [5.74, 6) is -0.534. The summed E-state index contributed by atoms with van der Waals surface area (Å²) in [7, 11) is 0. The second-order valence-corrected chi connectivity index (χ2v) is 8.14. The zero-order valence-corrected chi connectivity index (χ0v) is 18.3. The van der Waals surface area contributed by atoms with Gasteiger partial charge in [-0.3, -0.25) is 4.79 Å². The van der Waals surface area contributed by atoms with Crippen molar-refractivity contribution in [2.45, 2.75) is 18.6 Å². The van der Waals surface area contributed by atoms with Crippen molar-refractivity contribution >= 4 is 34.1 Å². The Morgan fingerprint density at radius 2 is 1.76 bits per heavy atom. The second-order valence-electron chi connectivity index (χ2n) is 7.70. The minimum Gasteiger partial charge on any atom is -0.361 e. The number of rotatable bonds is 7. The van der Waals surface area contributed by atoms with Gasteiger partial charge in [0, 0.05) is 34.1 Å². The normalized spacial score (nSPS) is 12.6. The first-order chi connectivity index (χ1) is 15.8. The molecule has 0 aliphatic heterocycles. The predicted octanol–water partition coefficient (Wildman–Crippen LogP) is 5.33. The van der Waals surface area contributed by atoms with Crippen LogP contribution in [-0.4, -0.2) is 17.4 Å². The molecule has 33 heavy (non-hydrogen) atoms. The van der Waals surface area contributed by atoms with Crippen molar-refractivity contribution in [3.63, 3.8) is 0 Å². The van der Waals surface area contributed by atoms with Crippen LogP contribution < -0.4 is 10.6 Å². The Balaban J connectivity index is 1.53. The number of benzene rings is 3. The van der Waals surface area contributed by atoms with Gasteiger partial charge < -0.3 is 15.6 Å². The number of halogens is 4. The van der Waals surface area contributed by atoms with Gasteiger partial charge in [-0.1, -0.05) is 60.1 Å². The molecule has 4 aromatic rings. The number of H-pyrrole nitrogens is 1. The molecule has 0 aliphatic rings. The van der Waals surface area contributed by atoms with Crippen molar-refractivity contribution in [2.75, 3.05) is 11.9 Å². The van der Waals surface area contributed by atoms with E-state index in [1.165, 1.54) is 12.1 Å². The molecule has 170 valence electrons. The maximum atomic E-state index is 13.5. The van der Waals surface area contributed by atoms with Crippen LogP contribution in [0.4, 0.5) is 18.9 Å². The molecule has 3 aromatic carbocycles. The highest BCUT2D eigenvalue weighted by Gasteiger charge is 2.35. The molecule has 0 radical (unpaired) electrons. The first-order valence-corrected chi connectivity index (χ1v) is 10.8. The number of nitrogens with one attached hydrogen (secondary N) is 2. The van der Waals surface area contributed by atoms with E-state index in [2.05, 4.69) is 10.3 Å². The third-order valence-corrected chi connectivity index (χ3v) is 5.71. The van der Waals surface area contributed by atoms with Crippen molar-refractivity contribution in [3.8, 4) is 0 Å². The topological polar surface area (TPSA) is 61.5 Å². The second kappa shape index (κ2) is 9.68. The fraction of sp³-hybridized carbons (Fsp3) is 0.160. The Kier molecular flexibility index (Phi) is 6.72. The molecular weight excluding hydrogens is 451 g/mol. The summed E-state index contributed by atoms with van der Waals surface area (Å²) in [4.78, 5) is 16.4. The number of para-hydroxylation sites is 1. The first-order valence-electron chi connectivity index (χ1n) is 10.4. The largest absolute Gasteiger partial charge is 0.418 e. The van der Waals surface area contributed by atoms with Gasteiger partial charge in [-0.2, -0.15) is 13.2 Å². The highest BCUT2D eigenvalue weighted by molar-refractivity contribution is 6.30. The first kappa shape index (κ1) is 22.9. The molecule has 0 bridgehead atoms. The third-order valence-electron chi connectivity index (χ3n) is 5.48. The molecule has 8 heteroatoms. The molecule has 1 amide bonds. The number of carbonyl (C=O) groups is 1. The quantitative estimate of drug-likeness (QED) is 0.334. The molecule has 0 saturated carbocycles. The number of aromatic nitrogens is 1. The monoisotopic (exact) mass is 472 g/mol. The molecule has 4 nitrogen and oxygen atoms in total. The molecule has 0 spiro atoms. The van der Waals surface area contributed by atoms with E-state index in [1.807, 2.05) is 41.8 Å². The van der Waals surface area contributed by atoms with E-state index in [4.69, 9.17) is 11.6 Å². The third kappa shape index (κ3) is 5.38. The number of alkyl halides is 3. The van der Waals surface area contributed by atoms with Crippen molar-refractivity contribution in [3.05, 3.63) is 101 Å². The van der Waals surface area contributed by atoms with Gasteiger partial charge in [0.2, 0.25) is 0 Å². The smallest absolute Gasteiger partial charge is 0.361 e. The number of anilines is 1. The van der Waals surface area contributed by atoms with E-state index in [0.717, 1.165) is 22.5 Å². The van der Waals surface area contributed by atoms with Crippen LogP contribution in [0.2, 0.25) is 5.02 Å². The fourth-order valence-corrected chi connectivity index (χ4v) is 4.04. The van der Waals surface area contributed by atoms with Crippen LogP contribution in [0.1, 0.15) is 22.7 Å². The molecule has 0 fully saturated rings. The minimum absolute atomic E-state index is 0.0507. The van der Waals surface area contributed by atoms with E-state index >= 15 is 0 Å². The Morgan fingerprint density at radius 1 is 1.03 bits per heavy atom. The van der Waals surface area contributed by atoms with Crippen LogP contribution in [0.15, 0.2) is 79.0 Å². The number of amides is 1. The summed E-state index contributed by atoms with van der Waals surface area (Å²) in [5.41, 5.74) is 1.56. The lowest BCUT2D eigenvalue weighted by Gasteiger charge is -2.18. The van der Waals surface area contributed by atoms with E-state index in [0.29, 0.717) is 18.5 Å². The SMILES string of the molecule is O=C(Nc1ccc(Cl)cc1C(F)(F)F)[C@H]([NH2+]CCc1c[nH]c2ccccc12)c1ccccc1. The lowest BCUT2D eigenvalue weighted by atomic mass is 10.0. The van der Waals surface area contributed by atoms with Crippen molar-refractivity contribution in [2.24, 2.45) is 0 Å². The molecule has 0 aliphatic carbocycles. The number of carbonyl (C=O) groups excluding carboxylic acids is 1. The average molecular weight is 473 g/mol. The highest BCUT2D eigenvalue weighted by atomic mass is 35.5. The Morgan fingerprint density at radius 3 is 2.52 bits per heavy atom. The molecule has 4 rings (SSSR count). The zero-order valence-electron chi connectivity index (χ0n) is 17.5. The van der Waals surface area contributed by atoms with Gasteiger partial charge in [0.15, 0.2) is 6.04 Å². The minimum atomic E-state index is -4.64. The lowest BCUT2D eigenvalue weighted by Crippen LogP contribution is -2.87. The maximum Gasteiger partial charge on any atom is 0.418 e. The van der Waals surface area contributed by atoms with Gasteiger partial charge in [0.05, 0.1) is 17.8 Å². The summed E-state index contributed by atoms with van der Waals surface area (Å²) in [6.45, 7) is 0.571. The van der Waals surface area contributed by atoms with Gasteiger partial charge in [0.25, 0.3) is 5.91 Å². The number of fused-ring (bicyclic) bond motifs is 1. The van der Waals surface area contributed by atoms with Crippen LogP contribution in [0, 0.1) is 0 Å². The number of nitrogens with two attached hydrogens (primary N) is 1. The Labute approximate surface area is 193 Å². The standard InChI is InChI=1S/C25H21ClF3N3O/c26-18-10-11-22(20(14-18)25(27,28)29)32-24(33)23(16-6-2-1-3-7-16)30-13-12-17-15-31-21-9-5-4-8-19(17)21/h1-11,14-15,23,30-31H,12-13H2,(H,32,33)/p+1/t23-/m1/s1.